The minimum atomic E-state index is 0.906. The molecule has 0 atom stereocenters. The molecule has 19 heavy (non-hydrogen) atoms. The maximum absolute atomic E-state index is 4.08. The molecule has 2 rings (SSSR count). The molecule has 0 spiro atoms. The van der Waals surface area contributed by atoms with E-state index in [1.54, 1.807) is 6.33 Å². The summed E-state index contributed by atoms with van der Waals surface area (Å²) in [6, 6.07) is 2.27. The molecule has 0 fully saturated rings. The molecule has 0 unspecified atom stereocenters. The summed E-state index contributed by atoms with van der Waals surface area (Å²) in [6.45, 7) is 9.41. The normalized spacial score (nSPS) is 11.2. The summed E-state index contributed by atoms with van der Waals surface area (Å²) < 4.78 is 4.31. The Morgan fingerprint density at radius 2 is 2.11 bits per heavy atom. The van der Waals surface area contributed by atoms with Crippen LogP contribution in [0.5, 0.6) is 0 Å². The van der Waals surface area contributed by atoms with Crippen LogP contribution in [0.1, 0.15) is 29.7 Å². The van der Waals surface area contributed by atoms with Gasteiger partial charge in [-0.15, -0.1) is 10.2 Å². The van der Waals surface area contributed by atoms with Crippen molar-refractivity contribution in [1.82, 2.24) is 24.6 Å². The van der Waals surface area contributed by atoms with Crippen molar-refractivity contribution in [2.75, 3.05) is 6.54 Å². The van der Waals surface area contributed by atoms with Gasteiger partial charge >= 0.3 is 0 Å². The summed E-state index contributed by atoms with van der Waals surface area (Å²) in [5.74, 6) is 1.02. The van der Waals surface area contributed by atoms with E-state index in [1.165, 1.54) is 17.0 Å². The second kappa shape index (κ2) is 6.02. The maximum Gasteiger partial charge on any atom is 0.133 e. The van der Waals surface area contributed by atoms with E-state index < -0.39 is 0 Å². The highest BCUT2D eigenvalue weighted by Crippen LogP contribution is 2.14. The number of aromatic nitrogens is 4. The molecule has 0 saturated heterocycles. The van der Waals surface area contributed by atoms with E-state index in [1.807, 2.05) is 11.6 Å². The number of rotatable bonds is 6. The fraction of sp³-hybridized carbons (Fsp3) is 0.571. The summed E-state index contributed by atoms with van der Waals surface area (Å²) in [7, 11) is 1.98. The van der Waals surface area contributed by atoms with Crippen molar-refractivity contribution in [3.8, 4) is 0 Å². The average Bonchev–Trinajstić information content (AvgIpc) is 2.90. The van der Waals surface area contributed by atoms with E-state index in [4.69, 9.17) is 0 Å². The molecule has 5 nitrogen and oxygen atoms in total. The molecule has 5 heteroatoms. The van der Waals surface area contributed by atoms with Crippen LogP contribution in [0.2, 0.25) is 0 Å². The molecule has 0 aliphatic rings. The van der Waals surface area contributed by atoms with E-state index in [0.29, 0.717) is 0 Å². The van der Waals surface area contributed by atoms with Crippen LogP contribution in [0.4, 0.5) is 0 Å². The summed E-state index contributed by atoms with van der Waals surface area (Å²) >= 11 is 0. The quantitative estimate of drug-likeness (QED) is 0.803. The lowest BCUT2D eigenvalue weighted by molar-refractivity contribution is 0.647. The number of nitrogens with zero attached hydrogens (tertiary/aromatic N) is 4. The second-order valence-corrected chi connectivity index (χ2v) is 4.93. The highest BCUT2D eigenvalue weighted by atomic mass is 15.2. The number of hydrogen-bond acceptors (Lipinski definition) is 3. The lowest BCUT2D eigenvalue weighted by Crippen LogP contribution is -2.18. The summed E-state index contributed by atoms with van der Waals surface area (Å²) in [6.07, 6.45) is 2.65. The third kappa shape index (κ3) is 3.04. The lowest BCUT2D eigenvalue weighted by Gasteiger charge is -2.07. The molecule has 0 aliphatic heterocycles. The first-order valence-corrected chi connectivity index (χ1v) is 6.82. The van der Waals surface area contributed by atoms with Crippen molar-refractivity contribution < 1.29 is 0 Å². The van der Waals surface area contributed by atoms with Crippen molar-refractivity contribution in [2.24, 2.45) is 7.05 Å². The Kier molecular flexibility index (Phi) is 4.37. The Bertz CT molecular complexity index is 538. The van der Waals surface area contributed by atoms with Gasteiger partial charge in [-0.25, -0.2) is 0 Å². The zero-order chi connectivity index (χ0) is 13.8. The Balaban J connectivity index is 1.85. The summed E-state index contributed by atoms with van der Waals surface area (Å²) in [5.41, 5.74) is 4.09. The molecule has 2 heterocycles. The molecule has 0 saturated carbocycles. The van der Waals surface area contributed by atoms with E-state index in [9.17, 15) is 0 Å². The van der Waals surface area contributed by atoms with Crippen molar-refractivity contribution in [3.05, 3.63) is 35.2 Å². The molecule has 1 N–H and O–H groups in total. The average molecular weight is 261 g/mol. The number of nitrogens with one attached hydrogen (secondary N) is 1. The van der Waals surface area contributed by atoms with Gasteiger partial charge in [0.25, 0.3) is 0 Å². The minimum Gasteiger partial charge on any atom is -0.349 e. The molecule has 2 aromatic rings. The van der Waals surface area contributed by atoms with Crippen LogP contribution < -0.4 is 5.32 Å². The first-order valence-electron chi connectivity index (χ1n) is 6.82. The molecule has 2 aromatic heterocycles. The van der Waals surface area contributed by atoms with Gasteiger partial charge < -0.3 is 14.5 Å². The van der Waals surface area contributed by atoms with Crippen LogP contribution in [0.25, 0.3) is 0 Å². The Hall–Kier alpha value is -1.62. The third-order valence-electron chi connectivity index (χ3n) is 3.64. The van der Waals surface area contributed by atoms with E-state index in [0.717, 1.165) is 31.9 Å². The van der Waals surface area contributed by atoms with E-state index in [2.05, 4.69) is 46.9 Å². The monoisotopic (exact) mass is 261 g/mol. The standard InChI is InChI=1S/C14H23N5/c1-5-19-11(2)8-13(12(19)3)9-15-7-6-14-17-16-10-18(14)4/h8,10,15H,5-7,9H2,1-4H3. The van der Waals surface area contributed by atoms with Crippen LogP contribution in [0.15, 0.2) is 12.4 Å². The largest absolute Gasteiger partial charge is 0.349 e. The van der Waals surface area contributed by atoms with Crippen molar-refractivity contribution in [2.45, 2.75) is 40.3 Å². The zero-order valence-electron chi connectivity index (χ0n) is 12.3. The first-order chi connectivity index (χ1) is 9.13. The fourth-order valence-electron chi connectivity index (χ4n) is 2.49. The molecular weight excluding hydrogens is 238 g/mol. The van der Waals surface area contributed by atoms with Crippen molar-refractivity contribution in [1.29, 1.82) is 0 Å². The Morgan fingerprint density at radius 3 is 2.68 bits per heavy atom. The molecular formula is C14H23N5. The molecule has 0 amide bonds. The van der Waals surface area contributed by atoms with Gasteiger partial charge in [0.2, 0.25) is 0 Å². The highest BCUT2D eigenvalue weighted by molar-refractivity contribution is 5.26. The van der Waals surface area contributed by atoms with Crippen LogP contribution >= 0.6 is 0 Å². The second-order valence-electron chi connectivity index (χ2n) is 4.93. The third-order valence-corrected chi connectivity index (χ3v) is 3.64. The zero-order valence-corrected chi connectivity index (χ0v) is 12.3. The van der Waals surface area contributed by atoms with E-state index >= 15 is 0 Å². The predicted molar refractivity (Wildman–Crippen MR) is 76.0 cm³/mol. The topological polar surface area (TPSA) is 47.7 Å². The lowest BCUT2D eigenvalue weighted by atomic mass is 10.2. The minimum absolute atomic E-state index is 0.906. The number of hydrogen-bond donors (Lipinski definition) is 1. The van der Waals surface area contributed by atoms with Crippen LogP contribution in [0, 0.1) is 13.8 Å². The predicted octanol–water partition coefficient (Wildman–Crippen LogP) is 1.59. The van der Waals surface area contributed by atoms with Gasteiger partial charge in [-0.05, 0) is 32.4 Å². The van der Waals surface area contributed by atoms with Gasteiger partial charge in [0.05, 0.1) is 0 Å². The molecule has 0 bridgehead atoms. The van der Waals surface area contributed by atoms with Gasteiger partial charge in [0.15, 0.2) is 0 Å². The van der Waals surface area contributed by atoms with Gasteiger partial charge in [-0.2, -0.15) is 0 Å². The van der Waals surface area contributed by atoms with Crippen molar-refractivity contribution >= 4 is 0 Å². The molecule has 0 radical (unpaired) electrons. The Morgan fingerprint density at radius 1 is 1.32 bits per heavy atom. The molecule has 104 valence electrons. The summed E-state index contributed by atoms with van der Waals surface area (Å²) in [4.78, 5) is 0. The number of aryl methyl sites for hydroxylation is 2. The van der Waals surface area contributed by atoms with Crippen LogP contribution in [0.3, 0.4) is 0 Å². The van der Waals surface area contributed by atoms with E-state index in [-0.39, 0.29) is 0 Å². The van der Waals surface area contributed by atoms with Gasteiger partial charge in [-0.1, -0.05) is 0 Å². The van der Waals surface area contributed by atoms with Gasteiger partial charge in [-0.3, -0.25) is 0 Å². The SMILES string of the molecule is CCn1c(C)cc(CNCCc2nncn2C)c1C. The Labute approximate surface area is 114 Å². The first kappa shape index (κ1) is 13.8. The fourth-order valence-corrected chi connectivity index (χ4v) is 2.49. The van der Waals surface area contributed by atoms with Crippen LogP contribution in [-0.4, -0.2) is 25.9 Å². The van der Waals surface area contributed by atoms with Crippen LogP contribution in [-0.2, 0) is 26.6 Å². The van der Waals surface area contributed by atoms with Gasteiger partial charge in [0, 0.05) is 44.5 Å². The smallest absolute Gasteiger partial charge is 0.133 e. The van der Waals surface area contributed by atoms with Gasteiger partial charge in [0.1, 0.15) is 12.2 Å². The summed E-state index contributed by atoms with van der Waals surface area (Å²) in [5, 5.41) is 11.4. The van der Waals surface area contributed by atoms with Crippen molar-refractivity contribution in [3.63, 3.8) is 0 Å². The maximum atomic E-state index is 4.08. The highest BCUT2D eigenvalue weighted by Gasteiger charge is 2.07. The molecule has 0 aromatic carbocycles. The molecule has 0 aliphatic carbocycles.